The lowest BCUT2D eigenvalue weighted by Crippen LogP contribution is -2.43. The van der Waals surface area contributed by atoms with Gasteiger partial charge in [-0.1, -0.05) is 12.8 Å². The highest BCUT2D eigenvalue weighted by molar-refractivity contribution is 5.88. The molecule has 0 aromatic heterocycles. The van der Waals surface area contributed by atoms with E-state index in [2.05, 4.69) is 16.0 Å². The highest BCUT2D eigenvalue weighted by Gasteiger charge is 2.15. The minimum Gasteiger partial charge on any atom is -0.354 e. The molecule has 1 saturated carbocycles. The van der Waals surface area contributed by atoms with Crippen LogP contribution in [-0.2, 0) is 14.4 Å². The number of nitrogens with two attached hydrogens (primary N) is 1. The van der Waals surface area contributed by atoms with Gasteiger partial charge in [0.25, 0.3) is 0 Å². The van der Waals surface area contributed by atoms with Gasteiger partial charge in [-0.3, -0.25) is 14.4 Å². The van der Waals surface area contributed by atoms with Crippen molar-refractivity contribution >= 4 is 17.7 Å². The van der Waals surface area contributed by atoms with Crippen molar-refractivity contribution in [2.45, 2.75) is 25.7 Å². The standard InChI is InChI=1S/C12H22N4O3/c13-5-10(17)15-7-12(19)16-8-11(18)14-6-9-3-1-2-4-9/h9H,1-8,13H2,(H,14,18)(H,15,17)(H,16,19). The van der Waals surface area contributed by atoms with E-state index in [0.29, 0.717) is 12.5 Å². The van der Waals surface area contributed by atoms with E-state index in [4.69, 9.17) is 5.73 Å². The third kappa shape index (κ3) is 6.76. The Balaban J connectivity index is 2.05. The van der Waals surface area contributed by atoms with E-state index >= 15 is 0 Å². The molecule has 0 heterocycles. The molecule has 0 aromatic rings. The zero-order chi connectivity index (χ0) is 14.1. The van der Waals surface area contributed by atoms with Crippen LogP contribution in [0.25, 0.3) is 0 Å². The number of nitrogens with one attached hydrogen (secondary N) is 3. The van der Waals surface area contributed by atoms with Gasteiger partial charge in [-0.25, -0.2) is 0 Å². The Bertz CT molecular complexity index is 327. The molecule has 7 nitrogen and oxygen atoms in total. The van der Waals surface area contributed by atoms with Gasteiger partial charge < -0.3 is 21.7 Å². The molecular weight excluding hydrogens is 248 g/mol. The Morgan fingerprint density at radius 1 is 0.895 bits per heavy atom. The maximum absolute atomic E-state index is 11.5. The van der Waals surface area contributed by atoms with Crippen LogP contribution in [0.5, 0.6) is 0 Å². The maximum atomic E-state index is 11.5. The summed E-state index contributed by atoms with van der Waals surface area (Å²) in [5.74, 6) is -0.437. The van der Waals surface area contributed by atoms with Crippen LogP contribution in [0.1, 0.15) is 25.7 Å². The molecule has 1 aliphatic rings. The SMILES string of the molecule is NCC(=O)NCC(=O)NCC(=O)NCC1CCCC1. The first-order valence-corrected chi connectivity index (χ1v) is 6.62. The molecular formula is C12H22N4O3. The number of carbonyl (C=O) groups excluding carboxylic acids is 3. The van der Waals surface area contributed by atoms with Crippen LogP contribution >= 0.6 is 0 Å². The van der Waals surface area contributed by atoms with Gasteiger partial charge in [0.2, 0.25) is 17.7 Å². The van der Waals surface area contributed by atoms with Crippen molar-refractivity contribution in [2.24, 2.45) is 11.7 Å². The smallest absolute Gasteiger partial charge is 0.239 e. The van der Waals surface area contributed by atoms with E-state index in [-0.39, 0.29) is 25.5 Å². The van der Waals surface area contributed by atoms with Gasteiger partial charge in [0, 0.05) is 6.54 Å². The van der Waals surface area contributed by atoms with Crippen molar-refractivity contribution in [3.8, 4) is 0 Å². The maximum Gasteiger partial charge on any atom is 0.239 e. The summed E-state index contributed by atoms with van der Waals surface area (Å²) in [4.78, 5) is 33.6. The minimum atomic E-state index is -0.405. The summed E-state index contributed by atoms with van der Waals surface area (Å²) in [6.07, 6.45) is 4.80. The summed E-state index contributed by atoms with van der Waals surface area (Å²) in [6, 6.07) is 0. The molecule has 0 radical (unpaired) electrons. The van der Waals surface area contributed by atoms with Gasteiger partial charge in [-0.15, -0.1) is 0 Å². The third-order valence-electron chi connectivity index (χ3n) is 3.14. The summed E-state index contributed by atoms with van der Waals surface area (Å²) in [5, 5.41) is 7.55. The van der Waals surface area contributed by atoms with Crippen molar-refractivity contribution in [3.05, 3.63) is 0 Å². The van der Waals surface area contributed by atoms with Gasteiger partial charge in [0.15, 0.2) is 0 Å². The monoisotopic (exact) mass is 270 g/mol. The van der Waals surface area contributed by atoms with Crippen LogP contribution in [-0.4, -0.2) is 43.9 Å². The molecule has 0 aromatic carbocycles. The Labute approximate surface area is 112 Å². The van der Waals surface area contributed by atoms with Gasteiger partial charge in [0.1, 0.15) is 0 Å². The lowest BCUT2D eigenvalue weighted by molar-refractivity contribution is -0.127. The second-order valence-electron chi connectivity index (χ2n) is 4.71. The Morgan fingerprint density at radius 3 is 2.00 bits per heavy atom. The minimum absolute atomic E-state index is 0.0654. The number of hydrogen-bond acceptors (Lipinski definition) is 4. The van der Waals surface area contributed by atoms with E-state index in [1.165, 1.54) is 12.8 Å². The van der Waals surface area contributed by atoms with Crippen LogP contribution < -0.4 is 21.7 Å². The molecule has 108 valence electrons. The van der Waals surface area contributed by atoms with Crippen LogP contribution in [0, 0.1) is 5.92 Å². The summed E-state index contributed by atoms with van der Waals surface area (Å²) in [6.45, 7) is 0.295. The summed E-state index contributed by atoms with van der Waals surface area (Å²) in [5.41, 5.74) is 5.07. The summed E-state index contributed by atoms with van der Waals surface area (Å²) < 4.78 is 0. The number of carbonyl (C=O) groups is 3. The second-order valence-corrected chi connectivity index (χ2v) is 4.71. The molecule has 0 saturated heterocycles. The fourth-order valence-corrected chi connectivity index (χ4v) is 2.03. The molecule has 7 heteroatoms. The van der Waals surface area contributed by atoms with Crippen LogP contribution in [0.2, 0.25) is 0 Å². The molecule has 0 bridgehead atoms. The number of amides is 3. The van der Waals surface area contributed by atoms with Crippen molar-refractivity contribution < 1.29 is 14.4 Å². The van der Waals surface area contributed by atoms with Crippen molar-refractivity contribution in [1.29, 1.82) is 0 Å². The predicted molar refractivity (Wildman–Crippen MR) is 70.0 cm³/mol. The topological polar surface area (TPSA) is 113 Å². The lowest BCUT2D eigenvalue weighted by atomic mass is 10.1. The molecule has 0 unspecified atom stereocenters. The Kier molecular flexibility index (Phi) is 6.88. The predicted octanol–water partition coefficient (Wildman–Crippen LogP) is -1.52. The molecule has 1 aliphatic carbocycles. The van der Waals surface area contributed by atoms with Gasteiger partial charge in [-0.05, 0) is 18.8 Å². The van der Waals surface area contributed by atoms with Crippen molar-refractivity contribution in [1.82, 2.24) is 16.0 Å². The Hall–Kier alpha value is -1.63. The van der Waals surface area contributed by atoms with E-state index in [9.17, 15) is 14.4 Å². The number of rotatable bonds is 7. The molecule has 0 aliphatic heterocycles. The molecule has 0 atom stereocenters. The summed E-state index contributed by atoms with van der Waals surface area (Å²) >= 11 is 0. The zero-order valence-electron chi connectivity index (χ0n) is 11.0. The van der Waals surface area contributed by atoms with Crippen LogP contribution in [0.15, 0.2) is 0 Å². The third-order valence-corrected chi connectivity index (χ3v) is 3.14. The normalized spacial score (nSPS) is 15.0. The van der Waals surface area contributed by atoms with Crippen molar-refractivity contribution in [3.63, 3.8) is 0 Å². The average Bonchev–Trinajstić information content (AvgIpc) is 2.93. The van der Waals surface area contributed by atoms with Gasteiger partial charge in [0.05, 0.1) is 19.6 Å². The van der Waals surface area contributed by atoms with Crippen LogP contribution in [0.4, 0.5) is 0 Å². The first-order valence-electron chi connectivity index (χ1n) is 6.62. The highest BCUT2D eigenvalue weighted by Crippen LogP contribution is 2.23. The fourth-order valence-electron chi connectivity index (χ4n) is 2.03. The quantitative estimate of drug-likeness (QED) is 0.450. The number of hydrogen-bond donors (Lipinski definition) is 4. The van der Waals surface area contributed by atoms with E-state index in [1.54, 1.807) is 0 Å². The largest absolute Gasteiger partial charge is 0.354 e. The average molecular weight is 270 g/mol. The van der Waals surface area contributed by atoms with E-state index in [1.807, 2.05) is 0 Å². The van der Waals surface area contributed by atoms with Gasteiger partial charge in [-0.2, -0.15) is 0 Å². The molecule has 0 spiro atoms. The molecule has 5 N–H and O–H groups in total. The highest BCUT2D eigenvalue weighted by atomic mass is 16.2. The summed E-state index contributed by atoms with van der Waals surface area (Å²) in [7, 11) is 0. The first-order chi connectivity index (χ1) is 9.11. The van der Waals surface area contributed by atoms with Crippen molar-refractivity contribution in [2.75, 3.05) is 26.2 Å². The molecule has 1 fully saturated rings. The molecule has 3 amide bonds. The molecule has 1 rings (SSSR count). The fraction of sp³-hybridized carbons (Fsp3) is 0.750. The first kappa shape index (κ1) is 15.4. The lowest BCUT2D eigenvalue weighted by Gasteiger charge is -2.11. The van der Waals surface area contributed by atoms with Crippen LogP contribution in [0.3, 0.4) is 0 Å². The Morgan fingerprint density at radius 2 is 1.42 bits per heavy atom. The van der Waals surface area contributed by atoms with Gasteiger partial charge >= 0.3 is 0 Å². The van der Waals surface area contributed by atoms with E-state index in [0.717, 1.165) is 12.8 Å². The second kappa shape index (κ2) is 8.47. The molecule has 19 heavy (non-hydrogen) atoms. The van der Waals surface area contributed by atoms with E-state index < -0.39 is 11.8 Å². The zero-order valence-corrected chi connectivity index (χ0v) is 11.0.